The van der Waals surface area contributed by atoms with Crippen molar-refractivity contribution in [3.63, 3.8) is 0 Å². The molecule has 0 atom stereocenters. The number of thiophene rings is 1. The van der Waals surface area contributed by atoms with Crippen LogP contribution in [0.5, 0.6) is 0 Å². The molecule has 0 unspecified atom stereocenters. The van der Waals surface area contributed by atoms with E-state index >= 15 is 0 Å². The van der Waals surface area contributed by atoms with Crippen LogP contribution in [0.1, 0.15) is 27.7 Å². The third-order valence-corrected chi connectivity index (χ3v) is 4.88. The van der Waals surface area contributed by atoms with Crippen molar-refractivity contribution >= 4 is 23.9 Å². The van der Waals surface area contributed by atoms with Crippen LogP contribution in [0.4, 0.5) is 4.39 Å². The fourth-order valence-corrected chi connectivity index (χ4v) is 2.81. The highest BCUT2D eigenvalue weighted by Gasteiger charge is 2.52. The smallest absolute Gasteiger partial charge is 0.399 e. The summed E-state index contributed by atoms with van der Waals surface area (Å²) < 4.78 is 26.1. The number of aromatic nitrogens is 1. The van der Waals surface area contributed by atoms with Crippen LogP contribution in [0, 0.1) is 5.95 Å². The Balaban J connectivity index is 1.91. The minimum Gasteiger partial charge on any atom is -0.399 e. The van der Waals surface area contributed by atoms with Gasteiger partial charge in [-0.3, -0.25) is 0 Å². The summed E-state index contributed by atoms with van der Waals surface area (Å²) in [7, 11) is -0.723. The van der Waals surface area contributed by atoms with Gasteiger partial charge in [-0.25, -0.2) is 4.98 Å². The zero-order valence-electron chi connectivity index (χ0n) is 12.5. The molecule has 1 fully saturated rings. The van der Waals surface area contributed by atoms with Crippen molar-refractivity contribution in [1.29, 1.82) is 0 Å². The van der Waals surface area contributed by atoms with Crippen molar-refractivity contribution in [2.24, 2.45) is 0 Å². The summed E-state index contributed by atoms with van der Waals surface area (Å²) in [6.07, 6.45) is 0. The van der Waals surface area contributed by atoms with Gasteiger partial charge in [0.2, 0.25) is 5.95 Å². The van der Waals surface area contributed by atoms with Crippen molar-refractivity contribution in [3.8, 4) is 11.3 Å². The van der Waals surface area contributed by atoms with E-state index < -0.39 is 24.3 Å². The van der Waals surface area contributed by atoms with Gasteiger partial charge in [0.1, 0.15) is 0 Å². The Labute approximate surface area is 128 Å². The summed E-state index contributed by atoms with van der Waals surface area (Å²) >= 11 is 1.56. The van der Waals surface area contributed by atoms with Gasteiger partial charge in [0, 0.05) is 16.4 Å². The van der Waals surface area contributed by atoms with E-state index in [4.69, 9.17) is 9.31 Å². The molecular formula is C15H17BFNO2S. The number of hydrogen-bond acceptors (Lipinski definition) is 4. The monoisotopic (exact) mass is 305 g/mol. The molecule has 21 heavy (non-hydrogen) atoms. The standard InChI is InChI=1S/C15H17BFNO2S/c1-14(2)15(3,4)20-16(19-14)11-5-6-12(18-13(11)17)10-7-8-21-9-10/h5-9H,1-4H3. The Hall–Kier alpha value is -1.24. The molecular weight excluding hydrogens is 288 g/mol. The van der Waals surface area contributed by atoms with Crippen molar-refractivity contribution in [2.45, 2.75) is 38.9 Å². The van der Waals surface area contributed by atoms with Crippen LogP contribution in [0.3, 0.4) is 0 Å². The molecule has 3 heterocycles. The maximum atomic E-state index is 14.3. The molecule has 0 radical (unpaired) electrons. The van der Waals surface area contributed by atoms with E-state index in [0.717, 1.165) is 5.56 Å². The molecule has 3 nitrogen and oxygen atoms in total. The lowest BCUT2D eigenvalue weighted by Crippen LogP contribution is -2.41. The molecule has 2 aromatic heterocycles. The van der Waals surface area contributed by atoms with Crippen LogP contribution in [0.25, 0.3) is 11.3 Å². The van der Waals surface area contributed by atoms with Gasteiger partial charge in [-0.1, -0.05) is 6.07 Å². The topological polar surface area (TPSA) is 31.4 Å². The highest BCUT2D eigenvalue weighted by Crippen LogP contribution is 2.36. The van der Waals surface area contributed by atoms with Crippen molar-refractivity contribution < 1.29 is 13.7 Å². The first-order chi connectivity index (χ1) is 9.80. The Morgan fingerprint density at radius 2 is 1.76 bits per heavy atom. The Morgan fingerprint density at radius 1 is 1.10 bits per heavy atom. The fourth-order valence-electron chi connectivity index (χ4n) is 2.16. The van der Waals surface area contributed by atoms with Gasteiger partial charge in [-0.2, -0.15) is 15.7 Å². The lowest BCUT2D eigenvalue weighted by Gasteiger charge is -2.32. The van der Waals surface area contributed by atoms with E-state index in [1.807, 2.05) is 44.5 Å². The highest BCUT2D eigenvalue weighted by atomic mass is 32.1. The van der Waals surface area contributed by atoms with Gasteiger partial charge < -0.3 is 9.31 Å². The Bertz CT molecular complexity index is 642. The molecule has 0 saturated carbocycles. The van der Waals surface area contributed by atoms with Crippen LogP contribution >= 0.6 is 11.3 Å². The Morgan fingerprint density at radius 3 is 2.29 bits per heavy atom. The summed E-state index contributed by atoms with van der Waals surface area (Å²) in [5.41, 5.74) is 0.896. The second kappa shape index (κ2) is 4.90. The number of nitrogens with zero attached hydrogens (tertiary/aromatic N) is 1. The predicted octanol–water partition coefficient (Wildman–Crippen LogP) is 3.25. The van der Waals surface area contributed by atoms with Crippen molar-refractivity contribution in [2.75, 3.05) is 0 Å². The van der Waals surface area contributed by atoms with E-state index in [1.165, 1.54) is 0 Å². The maximum absolute atomic E-state index is 14.3. The largest absolute Gasteiger partial charge is 0.499 e. The SMILES string of the molecule is CC1(C)OB(c2ccc(-c3ccsc3)nc2F)OC1(C)C. The van der Waals surface area contributed by atoms with Gasteiger partial charge >= 0.3 is 7.12 Å². The summed E-state index contributed by atoms with van der Waals surface area (Å²) in [6.45, 7) is 7.77. The summed E-state index contributed by atoms with van der Waals surface area (Å²) in [4.78, 5) is 4.04. The van der Waals surface area contributed by atoms with Crippen molar-refractivity contribution in [3.05, 3.63) is 34.9 Å². The number of halogens is 1. The molecule has 110 valence electrons. The van der Waals surface area contributed by atoms with Crippen LogP contribution in [0.15, 0.2) is 29.0 Å². The van der Waals surface area contributed by atoms with Crippen LogP contribution < -0.4 is 5.46 Å². The first-order valence-electron chi connectivity index (χ1n) is 6.85. The Kier molecular flexibility index (Phi) is 3.43. The van der Waals surface area contributed by atoms with Gasteiger partial charge in [-0.05, 0) is 45.2 Å². The van der Waals surface area contributed by atoms with E-state index in [1.54, 1.807) is 23.5 Å². The first kappa shape index (κ1) is 14.7. The molecule has 0 amide bonds. The van der Waals surface area contributed by atoms with E-state index in [9.17, 15) is 4.39 Å². The average Bonchev–Trinajstić information content (AvgIpc) is 2.96. The van der Waals surface area contributed by atoms with Crippen LogP contribution in [0.2, 0.25) is 0 Å². The van der Waals surface area contributed by atoms with E-state index in [0.29, 0.717) is 11.2 Å². The number of hydrogen-bond donors (Lipinski definition) is 0. The normalized spacial score (nSPS) is 20.0. The molecule has 3 rings (SSSR count). The zero-order chi connectivity index (χ0) is 15.3. The average molecular weight is 305 g/mol. The molecule has 6 heteroatoms. The van der Waals surface area contributed by atoms with Crippen molar-refractivity contribution in [1.82, 2.24) is 4.98 Å². The molecule has 2 aromatic rings. The molecule has 1 saturated heterocycles. The lowest BCUT2D eigenvalue weighted by atomic mass is 9.80. The van der Waals surface area contributed by atoms with Gasteiger partial charge in [-0.15, -0.1) is 0 Å². The first-order valence-corrected chi connectivity index (χ1v) is 7.79. The second-order valence-electron chi connectivity index (χ2n) is 6.18. The zero-order valence-corrected chi connectivity index (χ0v) is 13.3. The van der Waals surface area contributed by atoms with Gasteiger partial charge in [0.05, 0.1) is 16.9 Å². The minimum absolute atomic E-state index is 0.340. The molecule has 0 N–H and O–H groups in total. The van der Waals surface area contributed by atoms with Crippen LogP contribution in [-0.2, 0) is 9.31 Å². The van der Waals surface area contributed by atoms with E-state index in [2.05, 4.69) is 4.98 Å². The molecule has 0 spiro atoms. The van der Waals surface area contributed by atoms with Crippen LogP contribution in [-0.4, -0.2) is 23.3 Å². The summed E-state index contributed by atoms with van der Waals surface area (Å²) in [6, 6.07) is 5.41. The summed E-state index contributed by atoms with van der Waals surface area (Å²) in [5, 5.41) is 3.88. The molecule has 0 bridgehead atoms. The molecule has 0 aliphatic carbocycles. The number of pyridine rings is 1. The van der Waals surface area contributed by atoms with E-state index in [-0.39, 0.29) is 0 Å². The second-order valence-corrected chi connectivity index (χ2v) is 6.96. The third kappa shape index (κ3) is 2.52. The maximum Gasteiger partial charge on any atom is 0.499 e. The minimum atomic E-state index is -0.723. The molecule has 0 aromatic carbocycles. The quantitative estimate of drug-likeness (QED) is 0.630. The van der Waals surface area contributed by atoms with Gasteiger partial charge in [0.25, 0.3) is 0 Å². The fraction of sp³-hybridized carbons (Fsp3) is 0.400. The van der Waals surface area contributed by atoms with Gasteiger partial charge in [0.15, 0.2) is 0 Å². The lowest BCUT2D eigenvalue weighted by molar-refractivity contribution is 0.00578. The summed E-state index contributed by atoms with van der Waals surface area (Å²) in [5.74, 6) is -0.544. The third-order valence-electron chi connectivity index (χ3n) is 4.20. The number of rotatable bonds is 2. The highest BCUT2D eigenvalue weighted by molar-refractivity contribution is 7.08. The molecule has 1 aliphatic heterocycles. The molecule has 1 aliphatic rings. The predicted molar refractivity (Wildman–Crippen MR) is 83.2 cm³/mol.